The number of nitrogens with one attached hydrogen (secondary N) is 1. The fourth-order valence-corrected chi connectivity index (χ4v) is 3.37. The summed E-state index contributed by atoms with van der Waals surface area (Å²) in [7, 11) is 0. The van der Waals surface area contributed by atoms with Crippen LogP contribution in [0.3, 0.4) is 0 Å². The maximum Gasteiger partial charge on any atom is 0.257 e. The van der Waals surface area contributed by atoms with Gasteiger partial charge in [0.1, 0.15) is 0 Å². The fourth-order valence-electron chi connectivity index (χ4n) is 2.42. The zero-order valence-corrected chi connectivity index (χ0v) is 16.5. The van der Waals surface area contributed by atoms with Gasteiger partial charge in [-0.3, -0.25) is 14.9 Å². The number of thiazole rings is 1. The number of amides is 2. The second-order valence-corrected chi connectivity index (χ2v) is 7.34. The Bertz CT molecular complexity index is 978. The van der Waals surface area contributed by atoms with Crippen LogP contribution >= 0.6 is 27.3 Å². The molecule has 3 aromatic rings. The Morgan fingerprint density at radius 1 is 1.27 bits per heavy atom. The van der Waals surface area contributed by atoms with Crippen LogP contribution in [0.25, 0.3) is 5.69 Å². The van der Waals surface area contributed by atoms with E-state index in [-0.39, 0.29) is 12.3 Å². The Kier molecular flexibility index (Phi) is 5.19. The molecule has 0 saturated heterocycles. The molecule has 0 atom stereocenters. The minimum absolute atomic E-state index is 0.0548. The fraction of sp³-hybridized carbons (Fsp3) is 0.176. The summed E-state index contributed by atoms with van der Waals surface area (Å²) in [5, 5.41) is 9.32. The van der Waals surface area contributed by atoms with Crippen LogP contribution in [0.2, 0.25) is 0 Å². The lowest BCUT2D eigenvalue weighted by atomic mass is 10.2. The Morgan fingerprint density at radius 2 is 1.96 bits per heavy atom. The summed E-state index contributed by atoms with van der Waals surface area (Å²) in [6.07, 6.45) is 0.0548. The van der Waals surface area contributed by atoms with Gasteiger partial charge < -0.3 is 5.73 Å². The highest BCUT2D eigenvalue weighted by Gasteiger charge is 2.13. The van der Waals surface area contributed by atoms with Gasteiger partial charge >= 0.3 is 0 Å². The van der Waals surface area contributed by atoms with Crippen molar-refractivity contribution in [1.29, 1.82) is 0 Å². The first-order valence-electron chi connectivity index (χ1n) is 7.71. The summed E-state index contributed by atoms with van der Waals surface area (Å²) >= 11 is 4.76. The van der Waals surface area contributed by atoms with Crippen molar-refractivity contribution >= 4 is 44.2 Å². The van der Waals surface area contributed by atoms with E-state index in [9.17, 15) is 9.59 Å². The first-order valence-corrected chi connectivity index (χ1v) is 9.38. The molecule has 1 aromatic carbocycles. The monoisotopic (exact) mass is 433 g/mol. The number of aromatic nitrogens is 3. The number of anilines is 1. The van der Waals surface area contributed by atoms with Crippen molar-refractivity contribution in [2.24, 2.45) is 5.73 Å². The van der Waals surface area contributed by atoms with Gasteiger partial charge in [0, 0.05) is 10.9 Å². The quantitative estimate of drug-likeness (QED) is 0.645. The Morgan fingerprint density at radius 3 is 2.54 bits per heavy atom. The number of aryl methyl sites for hydroxylation is 1. The van der Waals surface area contributed by atoms with Crippen LogP contribution in [0.15, 0.2) is 34.1 Å². The number of nitrogens with two attached hydrogens (primary N) is 1. The minimum Gasteiger partial charge on any atom is -0.369 e. The van der Waals surface area contributed by atoms with Crippen LogP contribution in [-0.2, 0) is 11.2 Å². The summed E-state index contributed by atoms with van der Waals surface area (Å²) in [5.74, 6) is -0.731. The maximum absolute atomic E-state index is 12.4. The molecule has 0 aliphatic carbocycles. The van der Waals surface area contributed by atoms with Gasteiger partial charge in [0.25, 0.3) is 5.91 Å². The molecule has 0 fully saturated rings. The molecule has 0 spiro atoms. The standard InChI is InChI=1S/C17H16BrN5O2S/c1-9-15(18)10(2)23(22-9)13-5-3-11(4-6-13)16(25)21-17-20-12(8-26-17)7-14(19)24/h3-6,8H,7H2,1-2H3,(H2,19,24)(H,20,21,25). The summed E-state index contributed by atoms with van der Waals surface area (Å²) in [6, 6.07) is 7.13. The molecular formula is C17H16BrN5O2S. The van der Waals surface area contributed by atoms with Gasteiger partial charge in [-0.05, 0) is 54.0 Å². The second-order valence-electron chi connectivity index (χ2n) is 5.68. The van der Waals surface area contributed by atoms with Gasteiger partial charge in [-0.25, -0.2) is 9.67 Å². The number of nitrogens with zero attached hydrogens (tertiary/aromatic N) is 3. The lowest BCUT2D eigenvalue weighted by Crippen LogP contribution is -2.14. The molecule has 0 aliphatic heterocycles. The van der Waals surface area contributed by atoms with Crippen LogP contribution in [0, 0.1) is 13.8 Å². The van der Waals surface area contributed by atoms with E-state index < -0.39 is 5.91 Å². The highest BCUT2D eigenvalue weighted by Crippen LogP contribution is 2.23. The van der Waals surface area contributed by atoms with Gasteiger partial charge in [-0.2, -0.15) is 5.10 Å². The Labute approximate surface area is 162 Å². The van der Waals surface area contributed by atoms with E-state index in [4.69, 9.17) is 5.73 Å². The van der Waals surface area contributed by atoms with E-state index in [1.807, 2.05) is 30.7 Å². The van der Waals surface area contributed by atoms with Gasteiger partial charge in [0.2, 0.25) is 5.91 Å². The van der Waals surface area contributed by atoms with Crippen molar-refractivity contribution in [2.75, 3.05) is 5.32 Å². The van der Waals surface area contributed by atoms with Crippen molar-refractivity contribution in [3.05, 3.63) is 56.8 Å². The van der Waals surface area contributed by atoms with Crippen molar-refractivity contribution in [2.45, 2.75) is 20.3 Å². The summed E-state index contributed by atoms with van der Waals surface area (Å²) in [4.78, 5) is 27.4. The molecule has 26 heavy (non-hydrogen) atoms. The average molecular weight is 434 g/mol. The number of hydrogen-bond acceptors (Lipinski definition) is 5. The van der Waals surface area contributed by atoms with Crippen LogP contribution in [0.5, 0.6) is 0 Å². The lowest BCUT2D eigenvalue weighted by Gasteiger charge is -2.06. The van der Waals surface area contributed by atoms with Gasteiger partial charge in [-0.1, -0.05) is 0 Å². The summed E-state index contributed by atoms with van der Waals surface area (Å²) < 4.78 is 2.78. The third-order valence-electron chi connectivity index (χ3n) is 3.70. The molecule has 3 rings (SSSR count). The van der Waals surface area contributed by atoms with Crippen molar-refractivity contribution in [3.63, 3.8) is 0 Å². The lowest BCUT2D eigenvalue weighted by molar-refractivity contribution is -0.117. The topological polar surface area (TPSA) is 103 Å². The summed E-state index contributed by atoms with van der Waals surface area (Å²) in [5.41, 5.74) is 8.94. The van der Waals surface area contributed by atoms with E-state index in [1.54, 1.807) is 17.5 Å². The third kappa shape index (κ3) is 3.83. The number of hydrogen-bond donors (Lipinski definition) is 2. The zero-order valence-electron chi connectivity index (χ0n) is 14.1. The normalized spacial score (nSPS) is 10.7. The minimum atomic E-state index is -0.459. The highest BCUT2D eigenvalue weighted by atomic mass is 79.9. The predicted octanol–water partition coefficient (Wildman–Crippen LogP) is 2.99. The highest BCUT2D eigenvalue weighted by molar-refractivity contribution is 9.10. The molecule has 9 heteroatoms. The van der Waals surface area contributed by atoms with Crippen LogP contribution in [0.4, 0.5) is 5.13 Å². The molecule has 3 N–H and O–H groups in total. The van der Waals surface area contributed by atoms with Gasteiger partial charge in [-0.15, -0.1) is 11.3 Å². The predicted molar refractivity (Wildman–Crippen MR) is 104 cm³/mol. The SMILES string of the molecule is Cc1nn(-c2ccc(C(=O)Nc3nc(CC(N)=O)cs3)cc2)c(C)c1Br. The van der Waals surface area contributed by atoms with E-state index in [0.717, 1.165) is 21.5 Å². The molecular weight excluding hydrogens is 418 g/mol. The van der Waals surface area contributed by atoms with E-state index in [2.05, 4.69) is 31.3 Å². The number of primary amides is 1. The number of carbonyl (C=O) groups is 2. The zero-order chi connectivity index (χ0) is 18.8. The van der Waals surface area contributed by atoms with Crippen molar-refractivity contribution in [1.82, 2.24) is 14.8 Å². The molecule has 0 saturated carbocycles. The Hall–Kier alpha value is -2.52. The van der Waals surface area contributed by atoms with Gasteiger partial charge in [0.15, 0.2) is 5.13 Å². The van der Waals surface area contributed by atoms with Crippen LogP contribution < -0.4 is 11.1 Å². The van der Waals surface area contributed by atoms with Crippen LogP contribution in [-0.4, -0.2) is 26.6 Å². The molecule has 0 aliphatic rings. The first kappa shape index (κ1) is 18.3. The van der Waals surface area contributed by atoms with E-state index in [0.29, 0.717) is 16.4 Å². The number of carbonyl (C=O) groups excluding carboxylic acids is 2. The molecule has 0 unspecified atom stereocenters. The summed E-state index contributed by atoms with van der Waals surface area (Å²) in [6.45, 7) is 3.90. The molecule has 134 valence electrons. The largest absolute Gasteiger partial charge is 0.369 e. The first-order chi connectivity index (χ1) is 12.3. The second kappa shape index (κ2) is 7.38. The van der Waals surface area contributed by atoms with E-state index in [1.165, 1.54) is 11.3 Å². The van der Waals surface area contributed by atoms with Gasteiger partial charge in [0.05, 0.1) is 33.7 Å². The molecule has 0 bridgehead atoms. The van der Waals surface area contributed by atoms with Crippen LogP contribution in [0.1, 0.15) is 27.4 Å². The number of benzene rings is 1. The molecule has 2 aromatic heterocycles. The van der Waals surface area contributed by atoms with E-state index >= 15 is 0 Å². The smallest absolute Gasteiger partial charge is 0.257 e. The molecule has 2 heterocycles. The molecule has 2 amide bonds. The number of rotatable bonds is 5. The Balaban J connectivity index is 1.73. The maximum atomic E-state index is 12.4. The van der Waals surface area contributed by atoms with Crippen molar-refractivity contribution in [3.8, 4) is 5.69 Å². The molecule has 7 nitrogen and oxygen atoms in total. The number of halogens is 1. The molecule has 0 radical (unpaired) electrons. The van der Waals surface area contributed by atoms with Crippen molar-refractivity contribution < 1.29 is 9.59 Å². The third-order valence-corrected chi connectivity index (χ3v) is 5.66. The average Bonchev–Trinajstić information content (AvgIpc) is 3.14.